The quantitative estimate of drug-likeness (QED) is 0.643. The van der Waals surface area contributed by atoms with E-state index in [1.807, 2.05) is 0 Å². The molecule has 0 radical (unpaired) electrons. The van der Waals surface area contributed by atoms with Crippen LogP contribution in [0.5, 0.6) is 0 Å². The lowest BCUT2D eigenvalue weighted by atomic mass is 9.75. The van der Waals surface area contributed by atoms with E-state index in [1.54, 1.807) is 11.1 Å². The van der Waals surface area contributed by atoms with Gasteiger partial charge in [0.1, 0.15) is 0 Å². The summed E-state index contributed by atoms with van der Waals surface area (Å²) in [5.74, 6) is 2.31. The summed E-state index contributed by atoms with van der Waals surface area (Å²) in [5, 5.41) is 0. The van der Waals surface area contributed by atoms with Gasteiger partial charge in [-0.3, -0.25) is 0 Å². The van der Waals surface area contributed by atoms with Gasteiger partial charge in [0.2, 0.25) is 0 Å². The first-order valence-electron chi connectivity index (χ1n) is 7.29. The summed E-state index contributed by atoms with van der Waals surface area (Å²) in [7, 11) is 0. The highest BCUT2D eigenvalue weighted by Gasteiger charge is 2.23. The minimum atomic E-state index is 0.650. The molecule has 1 fully saturated rings. The molecule has 1 aliphatic rings. The first-order valence-corrected chi connectivity index (χ1v) is 7.29. The zero-order valence-electron chi connectivity index (χ0n) is 11.6. The van der Waals surface area contributed by atoms with Crippen molar-refractivity contribution in [2.24, 2.45) is 5.92 Å². The summed E-state index contributed by atoms with van der Waals surface area (Å²) in [4.78, 5) is 0. The van der Waals surface area contributed by atoms with E-state index in [4.69, 9.17) is 0 Å². The molecule has 1 aromatic carbocycles. The molecule has 0 heterocycles. The Hall–Kier alpha value is -0.780. The van der Waals surface area contributed by atoms with E-state index >= 15 is 0 Å². The summed E-state index contributed by atoms with van der Waals surface area (Å²) < 4.78 is 0. The van der Waals surface area contributed by atoms with Gasteiger partial charge in [-0.15, -0.1) is 0 Å². The predicted molar refractivity (Wildman–Crippen MR) is 75.5 cm³/mol. The van der Waals surface area contributed by atoms with E-state index in [-0.39, 0.29) is 0 Å². The third kappa shape index (κ3) is 2.91. The van der Waals surface area contributed by atoms with Gasteiger partial charge < -0.3 is 0 Å². The van der Waals surface area contributed by atoms with Crippen LogP contribution in [0.1, 0.15) is 75.8 Å². The SMILES string of the molecule is CC(C)c1ccccc1C(C)C1CCCCC1. The number of benzene rings is 1. The van der Waals surface area contributed by atoms with Crippen LogP contribution in [0.3, 0.4) is 0 Å². The highest BCUT2D eigenvalue weighted by atomic mass is 14.3. The van der Waals surface area contributed by atoms with Gasteiger partial charge in [-0.05, 0) is 41.7 Å². The van der Waals surface area contributed by atoms with E-state index in [1.165, 1.54) is 32.1 Å². The van der Waals surface area contributed by atoms with E-state index in [0.717, 1.165) is 11.8 Å². The van der Waals surface area contributed by atoms with Crippen LogP contribution in [0.15, 0.2) is 24.3 Å². The molecular weight excluding hydrogens is 204 g/mol. The van der Waals surface area contributed by atoms with Crippen molar-refractivity contribution >= 4 is 0 Å². The van der Waals surface area contributed by atoms with E-state index in [2.05, 4.69) is 45.0 Å². The second kappa shape index (κ2) is 5.71. The van der Waals surface area contributed by atoms with E-state index in [0.29, 0.717) is 5.92 Å². The van der Waals surface area contributed by atoms with Gasteiger partial charge in [-0.25, -0.2) is 0 Å². The molecule has 94 valence electrons. The van der Waals surface area contributed by atoms with Gasteiger partial charge in [-0.1, -0.05) is 64.3 Å². The van der Waals surface area contributed by atoms with Crippen molar-refractivity contribution in [2.45, 2.75) is 64.7 Å². The Balaban J connectivity index is 2.20. The summed E-state index contributed by atoms with van der Waals surface area (Å²) in [6.45, 7) is 7.07. The molecule has 0 aliphatic heterocycles. The summed E-state index contributed by atoms with van der Waals surface area (Å²) in [6.07, 6.45) is 7.22. The van der Waals surface area contributed by atoms with Gasteiger partial charge in [0.25, 0.3) is 0 Å². The maximum absolute atomic E-state index is 2.44. The Morgan fingerprint density at radius 2 is 1.47 bits per heavy atom. The lowest BCUT2D eigenvalue weighted by Crippen LogP contribution is -2.15. The fourth-order valence-corrected chi connectivity index (χ4v) is 3.34. The molecule has 0 heteroatoms. The molecule has 1 saturated carbocycles. The van der Waals surface area contributed by atoms with Crippen molar-refractivity contribution in [1.82, 2.24) is 0 Å². The van der Waals surface area contributed by atoms with Crippen molar-refractivity contribution in [3.05, 3.63) is 35.4 Å². The number of hydrogen-bond acceptors (Lipinski definition) is 0. The van der Waals surface area contributed by atoms with Crippen LogP contribution in [0, 0.1) is 5.92 Å². The predicted octanol–water partition coefficient (Wildman–Crippen LogP) is 5.49. The molecule has 1 aliphatic carbocycles. The van der Waals surface area contributed by atoms with Crippen LogP contribution < -0.4 is 0 Å². The monoisotopic (exact) mass is 230 g/mol. The summed E-state index contributed by atoms with van der Waals surface area (Å²) in [6, 6.07) is 9.07. The molecule has 1 atom stereocenters. The normalized spacial score (nSPS) is 19.5. The van der Waals surface area contributed by atoms with Crippen LogP contribution in [0.25, 0.3) is 0 Å². The van der Waals surface area contributed by atoms with Gasteiger partial charge in [0.05, 0.1) is 0 Å². The molecule has 0 aromatic heterocycles. The van der Waals surface area contributed by atoms with E-state index in [9.17, 15) is 0 Å². The molecule has 17 heavy (non-hydrogen) atoms. The standard InChI is InChI=1S/C17H26/c1-13(2)16-11-7-8-12-17(16)14(3)15-9-5-4-6-10-15/h7-8,11-15H,4-6,9-10H2,1-3H3. The smallest absolute Gasteiger partial charge is 0.0159 e. The molecule has 0 nitrogen and oxygen atoms in total. The second-order valence-electron chi connectivity index (χ2n) is 5.97. The minimum Gasteiger partial charge on any atom is -0.0620 e. The van der Waals surface area contributed by atoms with Gasteiger partial charge in [-0.2, -0.15) is 0 Å². The average molecular weight is 230 g/mol. The zero-order chi connectivity index (χ0) is 12.3. The Morgan fingerprint density at radius 1 is 0.882 bits per heavy atom. The fraction of sp³-hybridized carbons (Fsp3) is 0.647. The first kappa shape index (κ1) is 12.7. The Morgan fingerprint density at radius 3 is 2.06 bits per heavy atom. The maximum Gasteiger partial charge on any atom is -0.0159 e. The molecule has 2 rings (SSSR count). The minimum absolute atomic E-state index is 0.650. The first-order chi connectivity index (χ1) is 8.20. The van der Waals surface area contributed by atoms with E-state index < -0.39 is 0 Å². The van der Waals surface area contributed by atoms with Crippen molar-refractivity contribution < 1.29 is 0 Å². The van der Waals surface area contributed by atoms with Crippen LogP contribution in [0.4, 0.5) is 0 Å². The topological polar surface area (TPSA) is 0 Å². The van der Waals surface area contributed by atoms with Gasteiger partial charge >= 0.3 is 0 Å². The van der Waals surface area contributed by atoms with Crippen LogP contribution in [-0.2, 0) is 0 Å². The molecule has 1 unspecified atom stereocenters. The van der Waals surface area contributed by atoms with Gasteiger partial charge in [0.15, 0.2) is 0 Å². The zero-order valence-corrected chi connectivity index (χ0v) is 11.6. The number of hydrogen-bond donors (Lipinski definition) is 0. The van der Waals surface area contributed by atoms with Crippen molar-refractivity contribution in [1.29, 1.82) is 0 Å². The summed E-state index contributed by atoms with van der Waals surface area (Å²) >= 11 is 0. The van der Waals surface area contributed by atoms with Gasteiger partial charge in [0, 0.05) is 0 Å². The largest absolute Gasteiger partial charge is 0.0620 e. The average Bonchev–Trinajstić information content (AvgIpc) is 2.39. The molecule has 0 saturated heterocycles. The van der Waals surface area contributed by atoms with Crippen molar-refractivity contribution in [2.75, 3.05) is 0 Å². The van der Waals surface area contributed by atoms with Crippen molar-refractivity contribution in [3.8, 4) is 0 Å². The highest BCUT2D eigenvalue weighted by molar-refractivity contribution is 5.32. The molecule has 0 spiro atoms. The fourth-order valence-electron chi connectivity index (χ4n) is 3.34. The Kier molecular flexibility index (Phi) is 4.25. The second-order valence-corrected chi connectivity index (χ2v) is 5.97. The molecule has 0 amide bonds. The maximum atomic E-state index is 2.44. The Bertz CT molecular complexity index is 345. The lowest BCUT2D eigenvalue weighted by molar-refractivity contribution is 0.315. The Labute approximate surface area is 106 Å². The van der Waals surface area contributed by atoms with Crippen LogP contribution in [0.2, 0.25) is 0 Å². The third-order valence-corrected chi connectivity index (χ3v) is 4.47. The molecule has 1 aromatic rings. The molecule has 0 N–H and O–H groups in total. The highest BCUT2D eigenvalue weighted by Crippen LogP contribution is 2.38. The molecular formula is C17H26. The summed E-state index contributed by atoms with van der Waals surface area (Å²) in [5.41, 5.74) is 3.17. The third-order valence-electron chi connectivity index (χ3n) is 4.47. The van der Waals surface area contributed by atoms with Crippen LogP contribution >= 0.6 is 0 Å². The number of rotatable bonds is 3. The lowest BCUT2D eigenvalue weighted by Gasteiger charge is -2.30. The van der Waals surface area contributed by atoms with Crippen LogP contribution in [-0.4, -0.2) is 0 Å². The van der Waals surface area contributed by atoms with Crippen molar-refractivity contribution in [3.63, 3.8) is 0 Å². The molecule has 0 bridgehead atoms.